The van der Waals surface area contributed by atoms with Gasteiger partial charge in [0.2, 0.25) is 0 Å². The van der Waals surface area contributed by atoms with Gasteiger partial charge in [0.15, 0.2) is 0 Å². The molecule has 1 aromatic carbocycles. The monoisotopic (exact) mass is 238 g/mol. The molecule has 0 saturated carbocycles. The highest BCUT2D eigenvalue weighted by Gasteiger charge is 2.28. The normalized spacial score (nSPS) is 11.8. The molecule has 0 bridgehead atoms. The van der Waals surface area contributed by atoms with E-state index in [1.54, 1.807) is 0 Å². The zero-order valence-corrected chi connectivity index (χ0v) is 10.1. The van der Waals surface area contributed by atoms with Crippen molar-refractivity contribution in [3.8, 4) is 0 Å². The van der Waals surface area contributed by atoms with Gasteiger partial charge in [-0.3, -0.25) is 0 Å². The molecule has 4 heteroatoms. The summed E-state index contributed by atoms with van der Waals surface area (Å²) in [4.78, 5) is 0. The average molecular weight is 240 g/mol. The zero-order chi connectivity index (χ0) is 9.35. The standard InChI is InChI=1S/C8H9Cl3Si/c1-6-4-3-5-7(9)8(6)12(2,10)11/h3-5H,1-2H3. The number of halogens is 3. The first kappa shape index (κ1) is 10.4. The summed E-state index contributed by atoms with van der Waals surface area (Å²) < 4.78 is 0. The summed E-state index contributed by atoms with van der Waals surface area (Å²) in [6, 6.07) is 5.69. The Hall–Kier alpha value is 0.307. The van der Waals surface area contributed by atoms with Gasteiger partial charge in [-0.05, 0) is 30.3 Å². The van der Waals surface area contributed by atoms with Crippen LogP contribution in [0.25, 0.3) is 0 Å². The molecule has 0 radical (unpaired) electrons. The summed E-state index contributed by atoms with van der Waals surface area (Å²) in [5.74, 6) is 0. The van der Waals surface area contributed by atoms with Crippen molar-refractivity contribution in [1.29, 1.82) is 0 Å². The second kappa shape index (κ2) is 3.58. The van der Waals surface area contributed by atoms with Crippen molar-refractivity contribution in [2.75, 3.05) is 0 Å². The molecule has 1 rings (SSSR count). The van der Waals surface area contributed by atoms with Crippen molar-refractivity contribution >= 4 is 45.6 Å². The first-order valence-corrected chi connectivity index (χ1v) is 8.46. The van der Waals surface area contributed by atoms with Crippen molar-refractivity contribution in [2.24, 2.45) is 0 Å². The van der Waals surface area contributed by atoms with Crippen LogP contribution in [0.4, 0.5) is 0 Å². The van der Waals surface area contributed by atoms with Crippen molar-refractivity contribution in [3.63, 3.8) is 0 Å². The van der Waals surface area contributed by atoms with Crippen LogP contribution in [0.15, 0.2) is 18.2 Å². The van der Waals surface area contributed by atoms with Crippen molar-refractivity contribution in [3.05, 3.63) is 28.8 Å². The van der Waals surface area contributed by atoms with E-state index in [1.807, 2.05) is 31.7 Å². The summed E-state index contributed by atoms with van der Waals surface area (Å²) in [6.07, 6.45) is 0. The van der Waals surface area contributed by atoms with Crippen LogP contribution in [0.3, 0.4) is 0 Å². The largest absolute Gasteiger partial charge is 0.279 e. The Balaban J connectivity index is 3.31. The van der Waals surface area contributed by atoms with Crippen LogP contribution in [-0.4, -0.2) is 6.69 Å². The quantitative estimate of drug-likeness (QED) is 0.520. The van der Waals surface area contributed by atoms with Gasteiger partial charge in [0, 0.05) is 5.02 Å². The van der Waals surface area contributed by atoms with Gasteiger partial charge in [-0.15, -0.1) is 22.2 Å². The van der Waals surface area contributed by atoms with E-state index >= 15 is 0 Å². The average Bonchev–Trinajstić information content (AvgIpc) is 1.82. The van der Waals surface area contributed by atoms with Gasteiger partial charge in [-0.2, -0.15) is 0 Å². The van der Waals surface area contributed by atoms with Crippen LogP contribution in [0.2, 0.25) is 11.6 Å². The lowest BCUT2D eigenvalue weighted by molar-refractivity contribution is 1.51. The van der Waals surface area contributed by atoms with Gasteiger partial charge in [-0.25, -0.2) is 0 Å². The second-order valence-electron chi connectivity index (χ2n) is 2.82. The van der Waals surface area contributed by atoms with Gasteiger partial charge in [-0.1, -0.05) is 23.7 Å². The fraction of sp³-hybridized carbons (Fsp3) is 0.250. The van der Waals surface area contributed by atoms with E-state index in [4.69, 9.17) is 33.8 Å². The molecular formula is C8H9Cl3Si. The molecule has 0 aromatic heterocycles. The minimum atomic E-state index is -2.31. The van der Waals surface area contributed by atoms with Gasteiger partial charge >= 0.3 is 0 Å². The Morgan fingerprint density at radius 3 is 2.17 bits per heavy atom. The first-order valence-electron chi connectivity index (χ1n) is 3.56. The predicted molar refractivity (Wildman–Crippen MR) is 59.1 cm³/mol. The Bertz CT molecular complexity index is 271. The molecule has 0 fully saturated rings. The lowest BCUT2D eigenvalue weighted by Gasteiger charge is -2.15. The highest BCUT2D eigenvalue weighted by Crippen LogP contribution is 2.21. The summed E-state index contributed by atoms with van der Waals surface area (Å²) >= 11 is 18.2. The van der Waals surface area contributed by atoms with E-state index in [0.29, 0.717) is 5.02 Å². The molecule has 0 aliphatic rings. The highest BCUT2D eigenvalue weighted by atomic mass is 35.7. The molecular weight excluding hydrogens is 231 g/mol. The summed E-state index contributed by atoms with van der Waals surface area (Å²) in [5, 5.41) is 1.60. The van der Waals surface area contributed by atoms with Crippen molar-refractivity contribution < 1.29 is 0 Å². The van der Waals surface area contributed by atoms with Crippen LogP contribution in [0, 0.1) is 6.92 Å². The predicted octanol–water partition coefficient (Wildman–Crippen LogP) is 3.41. The summed E-state index contributed by atoms with van der Waals surface area (Å²) in [6.45, 7) is 1.51. The molecule has 0 atom stereocenters. The molecule has 0 unspecified atom stereocenters. The summed E-state index contributed by atoms with van der Waals surface area (Å²) in [5.41, 5.74) is 1.07. The van der Waals surface area contributed by atoms with E-state index in [-0.39, 0.29) is 0 Å². The van der Waals surface area contributed by atoms with Crippen LogP contribution < -0.4 is 5.19 Å². The van der Waals surface area contributed by atoms with Crippen LogP contribution >= 0.6 is 33.8 Å². The molecule has 0 aliphatic carbocycles. The van der Waals surface area contributed by atoms with E-state index < -0.39 is 6.69 Å². The lowest BCUT2D eigenvalue weighted by Crippen LogP contribution is -2.35. The second-order valence-corrected chi connectivity index (χ2v) is 10.6. The SMILES string of the molecule is Cc1cccc(Cl)c1[Si](C)(Cl)Cl. The molecule has 0 saturated heterocycles. The fourth-order valence-corrected chi connectivity index (χ4v) is 5.05. The van der Waals surface area contributed by atoms with Crippen molar-refractivity contribution in [2.45, 2.75) is 13.5 Å². The zero-order valence-electron chi connectivity index (χ0n) is 6.87. The van der Waals surface area contributed by atoms with Gasteiger partial charge in [0.25, 0.3) is 6.69 Å². The van der Waals surface area contributed by atoms with Gasteiger partial charge < -0.3 is 0 Å². The summed E-state index contributed by atoms with van der Waals surface area (Å²) in [7, 11) is 0. The number of aryl methyl sites for hydroxylation is 1. The molecule has 0 aliphatic heterocycles. The van der Waals surface area contributed by atoms with Gasteiger partial charge in [0.1, 0.15) is 0 Å². The number of hydrogen-bond acceptors (Lipinski definition) is 0. The Morgan fingerprint density at radius 2 is 1.83 bits per heavy atom. The van der Waals surface area contributed by atoms with Crippen LogP contribution in [-0.2, 0) is 0 Å². The molecule has 66 valence electrons. The molecule has 12 heavy (non-hydrogen) atoms. The number of rotatable bonds is 1. The fourth-order valence-electron chi connectivity index (χ4n) is 1.19. The van der Waals surface area contributed by atoms with Crippen LogP contribution in [0.5, 0.6) is 0 Å². The molecule has 0 N–H and O–H groups in total. The number of hydrogen-bond donors (Lipinski definition) is 0. The number of benzene rings is 1. The minimum Gasteiger partial charge on any atom is -0.140 e. The molecule has 0 amide bonds. The van der Waals surface area contributed by atoms with Crippen molar-refractivity contribution in [1.82, 2.24) is 0 Å². The smallest absolute Gasteiger partial charge is 0.140 e. The maximum Gasteiger partial charge on any atom is 0.279 e. The lowest BCUT2D eigenvalue weighted by atomic mass is 10.2. The third-order valence-electron chi connectivity index (χ3n) is 1.66. The minimum absolute atomic E-state index is 0.675. The maximum absolute atomic E-state index is 6.09. The molecule has 0 heterocycles. The Labute approximate surface area is 87.9 Å². The Morgan fingerprint density at radius 1 is 1.25 bits per heavy atom. The van der Waals surface area contributed by atoms with E-state index in [1.165, 1.54) is 0 Å². The van der Waals surface area contributed by atoms with E-state index in [2.05, 4.69) is 0 Å². The first-order chi connectivity index (χ1) is 5.43. The highest BCUT2D eigenvalue weighted by molar-refractivity contribution is 7.50. The van der Waals surface area contributed by atoms with Crippen LogP contribution in [0.1, 0.15) is 5.56 Å². The molecule has 0 nitrogen and oxygen atoms in total. The van der Waals surface area contributed by atoms with E-state index in [9.17, 15) is 0 Å². The maximum atomic E-state index is 6.09. The Kier molecular flexibility index (Phi) is 3.10. The third-order valence-corrected chi connectivity index (χ3v) is 4.81. The molecule has 1 aromatic rings. The topological polar surface area (TPSA) is 0 Å². The van der Waals surface area contributed by atoms with E-state index in [0.717, 1.165) is 10.8 Å². The molecule has 0 spiro atoms. The third kappa shape index (κ3) is 2.16. The van der Waals surface area contributed by atoms with Gasteiger partial charge in [0.05, 0.1) is 0 Å².